The lowest BCUT2D eigenvalue weighted by atomic mass is 10.3. The number of halogens is 1. The van der Waals surface area contributed by atoms with E-state index < -0.39 is 6.03 Å². The van der Waals surface area contributed by atoms with Crippen LogP contribution in [0.5, 0.6) is 0 Å². The van der Waals surface area contributed by atoms with Crippen molar-refractivity contribution in [2.45, 2.75) is 13.8 Å². The maximum Gasteiger partial charge on any atom is 0.325 e. The first-order chi connectivity index (χ1) is 8.97. The number of rotatable bonds is 3. The van der Waals surface area contributed by atoms with Gasteiger partial charge < -0.3 is 11.1 Å². The molecule has 4 N–H and O–H groups in total. The van der Waals surface area contributed by atoms with Crippen LogP contribution < -0.4 is 16.4 Å². The molecule has 1 aromatic rings. The largest absolute Gasteiger partial charge is 0.370 e. The number of nitrogens with two attached hydrogens (primary N) is 1. The number of allylic oxidation sites excluding steroid dienone is 1. The van der Waals surface area contributed by atoms with E-state index in [-0.39, 0.29) is 11.8 Å². The van der Waals surface area contributed by atoms with E-state index >= 15 is 0 Å². The van der Waals surface area contributed by atoms with Crippen molar-refractivity contribution in [2.75, 3.05) is 11.9 Å². The molecule has 0 aliphatic rings. The molecule has 0 radical (unpaired) electrons. The molecule has 0 heterocycles. The zero-order valence-electron chi connectivity index (χ0n) is 10.9. The summed E-state index contributed by atoms with van der Waals surface area (Å²) in [5.41, 5.74) is 7.11. The Morgan fingerprint density at radius 3 is 2.58 bits per heavy atom. The molecule has 0 bridgehead atoms. The number of benzene rings is 1. The molecule has 0 unspecified atom stereocenters. The van der Waals surface area contributed by atoms with Crippen molar-refractivity contribution in [2.24, 2.45) is 10.7 Å². The molecule has 5 nitrogen and oxygen atoms in total. The Bertz CT molecular complexity index is 490. The van der Waals surface area contributed by atoms with Crippen molar-refractivity contribution in [3.05, 3.63) is 41.7 Å². The average Bonchev–Trinajstić information content (AvgIpc) is 2.31. The maximum atomic E-state index is 12.7. The number of carbonyl (C=O) groups excluding carboxylic acids is 1. The highest BCUT2D eigenvalue weighted by molar-refractivity contribution is 6.01. The van der Waals surface area contributed by atoms with Gasteiger partial charge in [-0.2, -0.15) is 0 Å². The lowest BCUT2D eigenvalue weighted by molar-refractivity contribution is 0.256. The van der Waals surface area contributed by atoms with Gasteiger partial charge in [0.05, 0.1) is 6.54 Å². The van der Waals surface area contributed by atoms with E-state index in [4.69, 9.17) is 5.73 Å². The second-order valence-corrected chi connectivity index (χ2v) is 4.09. The fraction of sp³-hybridized carbons (Fsp3) is 0.231. The predicted octanol–water partition coefficient (Wildman–Crippen LogP) is 2.23. The van der Waals surface area contributed by atoms with E-state index in [1.165, 1.54) is 24.3 Å². The van der Waals surface area contributed by atoms with Gasteiger partial charge in [0, 0.05) is 5.69 Å². The van der Waals surface area contributed by atoms with Crippen LogP contribution in [-0.4, -0.2) is 18.5 Å². The smallest absolute Gasteiger partial charge is 0.325 e. The molecule has 0 aliphatic carbocycles. The molecule has 1 rings (SSSR count). The molecular weight excluding hydrogens is 247 g/mol. The Labute approximate surface area is 111 Å². The maximum absolute atomic E-state index is 12.7. The summed E-state index contributed by atoms with van der Waals surface area (Å²) in [4.78, 5) is 15.5. The van der Waals surface area contributed by atoms with Gasteiger partial charge in [0.15, 0.2) is 5.96 Å². The van der Waals surface area contributed by atoms with Gasteiger partial charge in [0.1, 0.15) is 5.82 Å². The van der Waals surface area contributed by atoms with Crippen molar-refractivity contribution in [3.8, 4) is 0 Å². The molecule has 19 heavy (non-hydrogen) atoms. The number of nitrogens with zero attached hydrogens (tertiary/aromatic N) is 1. The van der Waals surface area contributed by atoms with E-state index in [1.807, 2.05) is 19.9 Å². The van der Waals surface area contributed by atoms with Crippen LogP contribution in [0.4, 0.5) is 14.9 Å². The number of hydrogen-bond acceptors (Lipinski definition) is 2. The van der Waals surface area contributed by atoms with Crippen molar-refractivity contribution >= 4 is 17.7 Å². The third-order valence-electron chi connectivity index (χ3n) is 2.10. The van der Waals surface area contributed by atoms with Crippen LogP contribution in [0.1, 0.15) is 13.8 Å². The summed E-state index contributed by atoms with van der Waals surface area (Å²) >= 11 is 0. The van der Waals surface area contributed by atoms with Crippen LogP contribution in [0, 0.1) is 5.82 Å². The third-order valence-corrected chi connectivity index (χ3v) is 2.10. The Morgan fingerprint density at radius 2 is 2.00 bits per heavy atom. The predicted molar refractivity (Wildman–Crippen MR) is 74.5 cm³/mol. The molecule has 0 aliphatic heterocycles. The van der Waals surface area contributed by atoms with Gasteiger partial charge in [-0.15, -0.1) is 0 Å². The summed E-state index contributed by atoms with van der Waals surface area (Å²) in [5.74, 6) is -0.342. The normalized spacial score (nSPS) is 10.8. The topological polar surface area (TPSA) is 79.5 Å². The van der Waals surface area contributed by atoms with Gasteiger partial charge >= 0.3 is 6.03 Å². The number of nitrogens with one attached hydrogen (secondary N) is 2. The van der Waals surface area contributed by atoms with Gasteiger partial charge in [-0.25, -0.2) is 14.2 Å². The van der Waals surface area contributed by atoms with E-state index in [0.717, 1.165) is 5.57 Å². The second kappa shape index (κ2) is 7.15. The summed E-state index contributed by atoms with van der Waals surface area (Å²) < 4.78 is 12.7. The minimum absolute atomic E-state index is 0.0251. The van der Waals surface area contributed by atoms with Crippen LogP contribution in [0.25, 0.3) is 0 Å². The number of anilines is 1. The fourth-order valence-corrected chi connectivity index (χ4v) is 1.18. The molecule has 0 fully saturated rings. The van der Waals surface area contributed by atoms with Crippen molar-refractivity contribution in [1.82, 2.24) is 5.32 Å². The van der Waals surface area contributed by atoms with Gasteiger partial charge in [0.2, 0.25) is 0 Å². The van der Waals surface area contributed by atoms with Crippen LogP contribution in [0.3, 0.4) is 0 Å². The summed E-state index contributed by atoms with van der Waals surface area (Å²) in [5, 5.41) is 4.88. The van der Waals surface area contributed by atoms with E-state index in [0.29, 0.717) is 12.2 Å². The van der Waals surface area contributed by atoms with Crippen molar-refractivity contribution in [1.29, 1.82) is 0 Å². The third kappa shape index (κ3) is 6.21. The number of guanidine groups is 1. The fourth-order valence-electron chi connectivity index (χ4n) is 1.18. The average molecular weight is 264 g/mol. The van der Waals surface area contributed by atoms with Gasteiger partial charge in [-0.1, -0.05) is 11.6 Å². The standard InChI is InChI=1S/C13H17FN4O/c1-9(2)7-8-16-12(15)18-13(19)17-11-5-3-10(14)4-6-11/h3-7H,8H2,1-2H3,(H4,15,16,17,18,19). The summed E-state index contributed by atoms with van der Waals surface area (Å²) in [7, 11) is 0. The molecule has 1 aromatic carbocycles. The van der Waals surface area contributed by atoms with E-state index in [9.17, 15) is 9.18 Å². The number of amides is 2. The zero-order valence-corrected chi connectivity index (χ0v) is 10.9. The van der Waals surface area contributed by atoms with Crippen LogP contribution >= 0.6 is 0 Å². The van der Waals surface area contributed by atoms with Crippen molar-refractivity contribution in [3.63, 3.8) is 0 Å². The minimum Gasteiger partial charge on any atom is -0.370 e. The molecule has 102 valence electrons. The highest BCUT2D eigenvalue weighted by Crippen LogP contribution is 2.07. The highest BCUT2D eigenvalue weighted by atomic mass is 19.1. The molecule has 0 aromatic heterocycles. The zero-order chi connectivity index (χ0) is 14.3. The SMILES string of the molecule is CC(C)=CCN=C(N)NC(=O)Nc1ccc(F)cc1. The van der Waals surface area contributed by atoms with E-state index in [2.05, 4.69) is 15.6 Å². The molecule has 0 saturated heterocycles. The highest BCUT2D eigenvalue weighted by Gasteiger charge is 2.02. The second-order valence-electron chi connectivity index (χ2n) is 4.09. The number of hydrogen-bond donors (Lipinski definition) is 3. The van der Waals surface area contributed by atoms with Gasteiger partial charge in [-0.05, 0) is 38.1 Å². The van der Waals surface area contributed by atoms with E-state index in [1.54, 1.807) is 0 Å². The molecule has 6 heteroatoms. The summed E-state index contributed by atoms with van der Waals surface area (Å²) in [6.07, 6.45) is 1.88. The summed E-state index contributed by atoms with van der Waals surface area (Å²) in [6, 6.07) is 4.88. The van der Waals surface area contributed by atoms with Gasteiger partial charge in [0.25, 0.3) is 0 Å². The molecule has 0 spiro atoms. The Morgan fingerprint density at radius 1 is 1.37 bits per heavy atom. The molecular formula is C13H17FN4O. The molecule has 2 amide bonds. The first-order valence-corrected chi connectivity index (χ1v) is 5.74. The van der Waals surface area contributed by atoms with Crippen LogP contribution in [0.2, 0.25) is 0 Å². The minimum atomic E-state index is -0.523. The lowest BCUT2D eigenvalue weighted by Gasteiger charge is -2.06. The quantitative estimate of drug-likeness (QED) is 0.444. The van der Waals surface area contributed by atoms with Crippen LogP contribution in [0.15, 0.2) is 40.9 Å². The first kappa shape index (κ1) is 14.7. The number of carbonyl (C=O) groups is 1. The Hall–Kier alpha value is -2.37. The first-order valence-electron chi connectivity index (χ1n) is 5.74. The van der Waals surface area contributed by atoms with Gasteiger partial charge in [-0.3, -0.25) is 5.32 Å². The Balaban J connectivity index is 2.46. The molecule has 0 atom stereocenters. The summed E-state index contributed by atoms with van der Waals surface area (Å²) in [6.45, 7) is 4.30. The number of urea groups is 1. The lowest BCUT2D eigenvalue weighted by Crippen LogP contribution is -2.39. The van der Waals surface area contributed by atoms with Crippen LogP contribution in [-0.2, 0) is 0 Å². The molecule has 0 saturated carbocycles. The number of aliphatic imine (C=N–C) groups is 1. The monoisotopic (exact) mass is 264 g/mol. The Kier molecular flexibility index (Phi) is 5.53. The van der Waals surface area contributed by atoms with Crippen molar-refractivity contribution < 1.29 is 9.18 Å².